The van der Waals surface area contributed by atoms with Gasteiger partial charge in [-0.2, -0.15) is 5.26 Å². The van der Waals surface area contributed by atoms with Crippen LogP contribution in [-0.2, 0) is 0 Å². The van der Waals surface area contributed by atoms with Gasteiger partial charge in [0.1, 0.15) is 6.04 Å². The van der Waals surface area contributed by atoms with E-state index < -0.39 is 0 Å². The SMILES string of the molecule is N#CC(c1cnc(Cl)nc1)N1CCCC1. The van der Waals surface area contributed by atoms with Crippen molar-refractivity contribution in [1.82, 2.24) is 14.9 Å². The molecule has 1 unspecified atom stereocenters. The van der Waals surface area contributed by atoms with Gasteiger partial charge in [0.05, 0.1) is 6.07 Å². The molecule has 15 heavy (non-hydrogen) atoms. The third-order valence-corrected chi connectivity index (χ3v) is 2.78. The molecule has 1 aliphatic rings. The molecule has 1 aromatic rings. The van der Waals surface area contributed by atoms with Gasteiger partial charge in [-0.25, -0.2) is 9.97 Å². The van der Waals surface area contributed by atoms with Crippen LogP contribution < -0.4 is 0 Å². The molecule has 5 heteroatoms. The van der Waals surface area contributed by atoms with Gasteiger partial charge in [-0.15, -0.1) is 0 Å². The van der Waals surface area contributed by atoms with E-state index in [4.69, 9.17) is 16.9 Å². The molecule has 0 radical (unpaired) electrons. The third kappa shape index (κ3) is 2.25. The van der Waals surface area contributed by atoms with Gasteiger partial charge in [-0.05, 0) is 37.5 Å². The summed E-state index contributed by atoms with van der Waals surface area (Å²) in [5.74, 6) is 0. The van der Waals surface area contributed by atoms with Crippen LogP contribution in [0.25, 0.3) is 0 Å². The van der Waals surface area contributed by atoms with E-state index in [2.05, 4.69) is 20.9 Å². The molecule has 0 bridgehead atoms. The standard InChI is InChI=1S/C10H11ClN4/c11-10-13-6-8(7-14-10)9(5-12)15-3-1-2-4-15/h6-7,9H,1-4H2. The Morgan fingerprint density at radius 2 is 1.93 bits per heavy atom. The summed E-state index contributed by atoms with van der Waals surface area (Å²) < 4.78 is 0. The zero-order valence-electron chi connectivity index (χ0n) is 8.23. The van der Waals surface area contributed by atoms with Gasteiger partial charge in [0.15, 0.2) is 0 Å². The third-order valence-electron chi connectivity index (χ3n) is 2.58. The summed E-state index contributed by atoms with van der Waals surface area (Å²) in [5, 5.41) is 9.35. The Bertz CT molecular complexity index is 364. The van der Waals surface area contributed by atoms with Crippen molar-refractivity contribution in [2.24, 2.45) is 0 Å². The lowest BCUT2D eigenvalue weighted by Gasteiger charge is -2.20. The highest BCUT2D eigenvalue weighted by Gasteiger charge is 2.23. The fourth-order valence-corrected chi connectivity index (χ4v) is 1.93. The zero-order chi connectivity index (χ0) is 10.7. The van der Waals surface area contributed by atoms with Crippen LogP contribution >= 0.6 is 11.6 Å². The summed E-state index contributed by atoms with van der Waals surface area (Å²) >= 11 is 5.60. The average molecular weight is 223 g/mol. The molecular formula is C10H11ClN4. The second-order valence-corrected chi connectivity index (χ2v) is 3.90. The smallest absolute Gasteiger partial charge is 0.222 e. The Morgan fingerprint density at radius 1 is 1.33 bits per heavy atom. The molecule has 0 amide bonds. The van der Waals surface area contributed by atoms with Crippen molar-refractivity contribution in [2.75, 3.05) is 13.1 Å². The lowest BCUT2D eigenvalue weighted by Crippen LogP contribution is -2.24. The van der Waals surface area contributed by atoms with Crippen LogP contribution in [0.15, 0.2) is 12.4 Å². The fourth-order valence-electron chi connectivity index (χ4n) is 1.83. The molecule has 0 aromatic carbocycles. The normalized spacial score (nSPS) is 18.7. The van der Waals surface area contributed by atoms with E-state index in [9.17, 15) is 0 Å². The summed E-state index contributed by atoms with van der Waals surface area (Å²) in [6, 6.07) is 2.05. The molecule has 1 atom stereocenters. The highest BCUT2D eigenvalue weighted by Crippen LogP contribution is 2.23. The van der Waals surface area contributed by atoms with Crippen molar-refractivity contribution in [3.63, 3.8) is 0 Å². The summed E-state index contributed by atoms with van der Waals surface area (Å²) in [6.45, 7) is 1.95. The van der Waals surface area contributed by atoms with Crippen molar-refractivity contribution in [3.05, 3.63) is 23.2 Å². The Morgan fingerprint density at radius 3 is 2.47 bits per heavy atom. The van der Waals surface area contributed by atoms with Crippen molar-refractivity contribution in [3.8, 4) is 6.07 Å². The topological polar surface area (TPSA) is 52.8 Å². The quantitative estimate of drug-likeness (QED) is 0.716. The van der Waals surface area contributed by atoms with Crippen LogP contribution in [0.2, 0.25) is 5.28 Å². The first-order chi connectivity index (χ1) is 7.31. The first-order valence-corrected chi connectivity index (χ1v) is 5.30. The van der Waals surface area contributed by atoms with Crippen molar-refractivity contribution < 1.29 is 0 Å². The van der Waals surface area contributed by atoms with Crippen LogP contribution in [-0.4, -0.2) is 28.0 Å². The molecule has 0 saturated carbocycles. The minimum absolute atomic E-state index is 0.219. The van der Waals surface area contributed by atoms with Gasteiger partial charge in [0, 0.05) is 18.0 Å². The Hall–Kier alpha value is -1.18. The van der Waals surface area contributed by atoms with Crippen molar-refractivity contribution in [2.45, 2.75) is 18.9 Å². The molecule has 1 fully saturated rings. The van der Waals surface area contributed by atoms with E-state index >= 15 is 0 Å². The number of halogens is 1. The van der Waals surface area contributed by atoms with Crippen LogP contribution in [0.4, 0.5) is 0 Å². The largest absolute Gasteiger partial charge is 0.284 e. The number of rotatable bonds is 2. The molecule has 2 heterocycles. The number of nitrogens with zero attached hydrogens (tertiary/aromatic N) is 4. The molecule has 1 aliphatic heterocycles. The van der Waals surface area contributed by atoms with Gasteiger partial charge in [0.2, 0.25) is 5.28 Å². The maximum absolute atomic E-state index is 9.13. The van der Waals surface area contributed by atoms with E-state index in [-0.39, 0.29) is 11.3 Å². The number of aromatic nitrogens is 2. The van der Waals surface area contributed by atoms with E-state index in [0.29, 0.717) is 0 Å². The van der Waals surface area contributed by atoms with E-state index in [1.165, 1.54) is 0 Å². The van der Waals surface area contributed by atoms with Gasteiger partial charge in [-0.3, -0.25) is 4.90 Å². The zero-order valence-corrected chi connectivity index (χ0v) is 8.98. The predicted molar refractivity (Wildman–Crippen MR) is 56.2 cm³/mol. The summed E-state index contributed by atoms with van der Waals surface area (Å²) in [7, 11) is 0. The second kappa shape index (κ2) is 4.56. The Kier molecular flexibility index (Phi) is 3.14. The molecular weight excluding hydrogens is 212 g/mol. The number of nitriles is 1. The first-order valence-electron chi connectivity index (χ1n) is 4.92. The van der Waals surface area contributed by atoms with Crippen LogP contribution in [0.1, 0.15) is 24.4 Å². The Labute approximate surface area is 93.5 Å². The molecule has 0 spiro atoms. The summed E-state index contributed by atoms with van der Waals surface area (Å²) in [5.41, 5.74) is 0.823. The average Bonchev–Trinajstić information content (AvgIpc) is 2.75. The van der Waals surface area contributed by atoms with Gasteiger partial charge < -0.3 is 0 Å². The second-order valence-electron chi connectivity index (χ2n) is 3.56. The molecule has 2 rings (SSSR count). The first kappa shape index (κ1) is 10.3. The number of hydrogen-bond donors (Lipinski definition) is 0. The van der Waals surface area contributed by atoms with Gasteiger partial charge in [0.25, 0.3) is 0 Å². The summed E-state index contributed by atoms with van der Waals surface area (Å²) in [6.07, 6.45) is 5.57. The molecule has 1 saturated heterocycles. The molecule has 0 N–H and O–H groups in total. The van der Waals surface area contributed by atoms with Gasteiger partial charge >= 0.3 is 0 Å². The number of likely N-dealkylation sites (tertiary alicyclic amines) is 1. The lowest BCUT2D eigenvalue weighted by molar-refractivity contribution is 0.293. The minimum atomic E-state index is -0.232. The van der Waals surface area contributed by atoms with Crippen molar-refractivity contribution >= 4 is 11.6 Å². The van der Waals surface area contributed by atoms with E-state index in [0.717, 1.165) is 31.5 Å². The van der Waals surface area contributed by atoms with Crippen LogP contribution in [0, 0.1) is 11.3 Å². The Balaban J connectivity index is 2.19. The minimum Gasteiger partial charge on any atom is -0.284 e. The van der Waals surface area contributed by atoms with E-state index in [1.54, 1.807) is 12.4 Å². The monoisotopic (exact) mass is 222 g/mol. The van der Waals surface area contributed by atoms with Crippen molar-refractivity contribution in [1.29, 1.82) is 5.26 Å². The highest BCUT2D eigenvalue weighted by molar-refractivity contribution is 6.28. The van der Waals surface area contributed by atoms with Crippen LogP contribution in [0.3, 0.4) is 0 Å². The molecule has 4 nitrogen and oxygen atoms in total. The molecule has 78 valence electrons. The van der Waals surface area contributed by atoms with E-state index in [1.807, 2.05) is 0 Å². The molecule has 1 aromatic heterocycles. The van der Waals surface area contributed by atoms with Crippen LogP contribution in [0.5, 0.6) is 0 Å². The lowest BCUT2D eigenvalue weighted by atomic mass is 10.1. The highest BCUT2D eigenvalue weighted by atomic mass is 35.5. The maximum Gasteiger partial charge on any atom is 0.222 e. The summed E-state index contributed by atoms with van der Waals surface area (Å²) in [4.78, 5) is 9.94. The predicted octanol–water partition coefficient (Wildman–Crippen LogP) is 1.79. The van der Waals surface area contributed by atoms with Gasteiger partial charge in [-0.1, -0.05) is 0 Å². The maximum atomic E-state index is 9.13. The molecule has 0 aliphatic carbocycles. The fraction of sp³-hybridized carbons (Fsp3) is 0.500. The number of hydrogen-bond acceptors (Lipinski definition) is 4.